The number of carbonyl (C=O) groups excluding carboxylic acids is 1. The SMILES string of the molecule is COC(=O)[C@@H]1CC2CCCC2C(O)N1. The molecule has 80 valence electrons. The summed E-state index contributed by atoms with van der Waals surface area (Å²) in [5.41, 5.74) is 0. The number of methoxy groups -OCH3 is 1. The maximum atomic E-state index is 11.3. The number of hydrogen-bond acceptors (Lipinski definition) is 4. The molecule has 1 saturated carbocycles. The van der Waals surface area contributed by atoms with Crippen LogP contribution < -0.4 is 5.32 Å². The first-order valence-electron chi connectivity index (χ1n) is 5.24. The third-order valence-electron chi connectivity index (χ3n) is 3.52. The first-order chi connectivity index (χ1) is 6.72. The van der Waals surface area contributed by atoms with Gasteiger partial charge in [-0.3, -0.25) is 10.1 Å². The summed E-state index contributed by atoms with van der Waals surface area (Å²) >= 11 is 0. The van der Waals surface area contributed by atoms with Gasteiger partial charge in [0, 0.05) is 5.92 Å². The van der Waals surface area contributed by atoms with Crippen molar-refractivity contribution in [3.8, 4) is 0 Å². The molecule has 14 heavy (non-hydrogen) atoms. The molecule has 1 aliphatic carbocycles. The molecule has 0 bridgehead atoms. The Morgan fingerprint density at radius 2 is 2.29 bits per heavy atom. The zero-order chi connectivity index (χ0) is 10.1. The van der Waals surface area contributed by atoms with E-state index in [2.05, 4.69) is 10.1 Å². The van der Waals surface area contributed by atoms with Crippen molar-refractivity contribution in [2.24, 2.45) is 11.8 Å². The van der Waals surface area contributed by atoms with Crippen molar-refractivity contribution in [2.75, 3.05) is 7.11 Å². The van der Waals surface area contributed by atoms with Gasteiger partial charge in [-0.15, -0.1) is 0 Å². The molecule has 0 aromatic rings. The summed E-state index contributed by atoms with van der Waals surface area (Å²) in [6, 6.07) is -0.311. The van der Waals surface area contributed by atoms with Crippen LogP contribution in [0.25, 0.3) is 0 Å². The first kappa shape index (κ1) is 9.93. The summed E-state index contributed by atoms with van der Waals surface area (Å²) in [7, 11) is 1.39. The number of esters is 1. The lowest BCUT2D eigenvalue weighted by atomic mass is 9.84. The molecule has 0 aromatic heterocycles. The van der Waals surface area contributed by atoms with Gasteiger partial charge in [-0.25, -0.2) is 0 Å². The van der Waals surface area contributed by atoms with Crippen LogP contribution in [-0.2, 0) is 9.53 Å². The van der Waals surface area contributed by atoms with Crippen LogP contribution in [-0.4, -0.2) is 30.5 Å². The number of piperidine rings is 1. The van der Waals surface area contributed by atoms with Gasteiger partial charge in [-0.1, -0.05) is 6.42 Å². The van der Waals surface area contributed by atoms with E-state index in [0.29, 0.717) is 11.8 Å². The van der Waals surface area contributed by atoms with Crippen LogP contribution in [0.15, 0.2) is 0 Å². The van der Waals surface area contributed by atoms with Gasteiger partial charge in [0.2, 0.25) is 0 Å². The van der Waals surface area contributed by atoms with E-state index in [1.807, 2.05) is 0 Å². The highest BCUT2D eigenvalue weighted by Gasteiger charge is 2.41. The predicted molar refractivity (Wildman–Crippen MR) is 50.4 cm³/mol. The summed E-state index contributed by atoms with van der Waals surface area (Å²) in [5.74, 6) is 0.584. The van der Waals surface area contributed by atoms with Gasteiger partial charge in [0.05, 0.1) is 7.11 Å². The van der Waals surface area contributed by atoms with Gasteiger partial charge >= 0.3 is 5.97 Å². The Morgan fingerprint density at radius 3 is 3.00 bits per heavy atom. The fourth-order valence-corrected chi connectivity index (χ4v) is 2.78. The number of ether oxygens (including phenoxy) is 1. The average molecular weight is 199 g/mol. The van der Waals surface area contributed by atoms with Gasteiger partial charge < -0.3 is 9.84 Å². The largest absolute Gasteiger partial charge is 0.468 e. The zero-order valence-corrected chi connectivity index (χ0v) is 8.40. The van der Waals surface area contributed by atoms with E-state index in [1.165, 1.54) is 13.5 Å². The molecular formula is C10H17NO3. The van der Waals surface area contributed by atoms with E-state index in [9.17, 15) is 9.90 Å². The molecule has 0 spiro atoms. The van der Waals surface area contributed by atoms with E-state index in [0.717, 1.165) is 19.3 Å². The van der Waals surface area contributed by atoms with Crippen molar-refractivity contribution in [3.05, 3.63) is 0 Å². The number of fused-ring (bicyclic) bond motifs is 1. The van der Waals surface area contributed by atoms with Crippen molar-refractivity contribution in [3.63, 3.8) is 0 Å². The standard InChI is InChI=1S/C10H17NO3/c1-14-10(13)8-5-6-3-2-4-7(6)9(12)11-8/h6-9,11-12H,2-5H2,1H3/t6?,7?,8-,9?/m0/s1. The van der Waals surface area contributed by atoms with Gasteiger partial charge in [0.15, 0.2) is 0 Å². The number of aliphatic hydroxyl groups excluding tert-OH is 1. The second kappa shape index (κ2) is 3.87. The van der Waals surface area contributed by atoms with Crippen LogP contribution in [0.5, 0.6) is 0 Å². The van der Waals surface area contributed by atoms with Crippen molar-refractivity contribution in [1.82, 2.24) is 5.32 Å². The average Bonchev–Trinajstić information content (AvgIpc) is 2.64. The monoisotopic (exact) mass is 199 g/mol. The van der Waals surface area contributed by atoms with Crippen LogP contribution >= 0.6 is 0 Å². The van der Waals surface area contributed by atoms with E-state index in [-0.39, 0.29) is 12.0 Å². The Balaban J connectivity index is 2.02. The number of rotatable bonds is 1. The Morgan fingerprint density at radius 1 is 1.50 bits per heavy atom. The Bertz CT molecular complexity index is 231. The lowest BCUT2D eigenvalue weighted by molar-refractivity contribution is -0.147. The Hall–Kier alpha value is -0.610. The number of hydrogen-bond donors (Lipinski definition) is 2. The second-order valence-corrected chi connectivity index (χ2v) is 4.28. The van der Waals surface area contributed by atoms with E-state index in [4.69, 9.17) is 0 Å². The van der Waals surface area contributed by atoms with Crippen molar-refractivity contribution >= 4 is 5.97 Å². The summed E-state index contributed by atoms with van der Waals surface area (Å²) in [4.78, 5) is 11.3. The number of aliphatic hydroxyl groups is 1. The molecule has 2 fully saturated rings. The van der Waals surface area contributed by atoms with Crippen molar-refractivity contribution in [2.45, 2.75) is 38.0 Å². The summed E-state index contributed by atoms with van der Waals surface area (Å²) in [5, 5.41) is 12.7. The van der Waals surface area contributed by atoms with Gasteiger partial charge in [-0.2, -0.15) is 0 Å². The van der Waals surface area contributed by atoms with E-state index >= 15 is 0 Å². The first-order valence-corrected chi connectivity index (χ1v) is 5.24. The summed E-state index contributed by atoms with van der Waals surface area (Å²) in [6.45, 7) is 0. The number of carbonyl (C=O) groups is 1. The summed E-state index contributed by atoms with van der Waals surface area (Å²) in [6.07, 6.45) is 3.67. The maximum Gasteiger partial charge on any atom is 0.322 e. The highest BCUT2D eigenvalue weighted by Crippen LogP contribution is 2.39. The smallest absolute Gasteiger partial charge is 0.322 e. The topological polar surface area (TPSA) is 58.6 Å². The molecule has 2 aliphatic rings. The van der Waals surface area contributed by atoms with E-state index < -0.39 is 6.23 Å². The highest BCUT2D eigenvalue weighted by atomic mass is 16.5. The predicted octanol–water partition coefficient (Wildman–Crippen LogP) is 0.256. The Labute approximate surface area is 83.6 Å². The van der Waals surface area contributed by atoms with Gasteiger partial charge in [-0.05, 0) is 25.2 Å². The van der Waals surface area contributed by atoms with Crippen molar-refractivity contribution in [1.29, 1.82) is 0 Å². The molecule has 2 N–H and O–H groups in total. The number of nitrogens with one attached hydrogen (secondary N) is 1. The zero-order valence-electron chi connectivity index (χ0n) is 8.40. The minimum atomic E-state index is -0.527. The quantitative estimate of drug-likeness (QED) is 0.595. The molecule has 1 aliphatic heterocycles. The molecule has 4 atom stereocenters. The molecule has 2 rings (SSSR count). The molecule has 0 radical (unpaired) electrons. The van der Waals surface area contributed by atoms with Crippen LogP contribution in [0.3, 0.4) is 0 Å². The van der Waals surface area contributed by atoms with Crippen molar-refractivity contribution < 1.29 is 14.6 Å². The molecule has 4 nitrogen and oxygen atoms in total. The minimum absolute atomic E-state index is 0.255. The molecular weight excluding hydrogens is 182 g/mol. The molecule has 1 heterocycles. The van der Waals surface area contributed by atoms with Crippen LogP contribution in [0.2, 0.25) is 0 Å². The van der Waals surface area contributed by atoms with Crippen LogP contribution in [0.4, 0.5) is 0 Å². The highest BCUT2D eigenvalue weighted by molar-refractivity contribution is 5.75. The van der Waals surface area contributed by atoms with E-state index in [1.54, 1.807) is 0 Å². The van der Waals surface area contributed by atoms with Gasteiger partial charge in [0.25, 0.3) is 0 Å². The lowest BCUT2D eigenvalue weighted by Crippen LogP contribution is -2.53. The van der Waals surface area contributed by atoms with Crippen LogP contribution in [0, 0.1) is 11.8 Å². The molecule has 4 heteroatoms. The second-order valence-electron chi connectivity index (χ2n) is 4.28. The normalized spacial score (nSPS) is 41.9. The molecule has 1 saturated heterocycles. The third kappa shape index (κ3) is 1.64. The summed E-state index contributed by atoms with van der Waals surface area (Å²) < 4.78 is 4.67. The molecule has 0 aromatic carbocycles. The molecule has 3 unspecified atom stereocenters. The van der Waals surface area contributed by atoms with Gasteiger partial charge in [0.1, 0.15) is 12.3 Å². The maximum absolute atomic E-state index is 11.3. The lowest BCUT2D eigenvalue weighted by Gasteiger charge is -2.35. The fourth-order valence-electron chi connectivity index (χ4n) is 2.78. The Kier molecular flexibility index (Phi) is 2.74. The van der Waals surface area contributed by atoms with Crippen LogP contribution in [0.1, 0.15) is 25.7 Å². The fraction of sp³-hybridized carbons (Fsp3) is 0.900. The minimum Gasteiger partial charge on any atom is -0.468 e. The molecule has 0 amide bonds. The third-order valence-corrected chi connectivity index (χ3v) is 3.52.